The molecule has 0 saturated carbocycles. The lowest BCUT2D eigenvalue weighted by atomic mass is 10.1. The number of nitrogens with zero attached hydrogens (tertiary/aromatic N) is 4. The normalized spacial score (nSPS) is 21.9. The molecule has 26 heavy (non-hydrogen) atoms. The van der Waals surface area contributed by atoms with Crippen molar-refractivity contribution in [1.29, 1.82) is 0 Å². The summed E-state index contributed by atoms with van der Waals surface area (Å²) in [7, 11) is 0. The van der Waals surface area contributed by atoms with E-state index in [2.05, 4.69) is 25.9 Å². The predicted octanol–water partition coefficient (Wildman–Crippen LogP) is 3.58. The second-order valence-electron chi connectivity index (χ2n) is 6.05. The lowest BCUT2D eigenvalue weighted by molar-refractivity contribution is 1.40. The van der Waals surface area contributed by atoms with Gasteiger partial charge in [-0.25, -0.2) is 20.0 Å². The van der Waals surface area contributed by atoms with E-state index in [4.69, 9.17) is 6.42 Å². The van der Waals surface area contributed by atoms with Crippen LogP contribution in [0.25, 0.3) is 0 Å². The fraction of sp³-hybridized carbons (Fsp3) is 0. The first-order chi connectivity index (χ1) is 12.8. The van der Waals surface area contributed by atoms with Gasteiger partial charge in [-0.05, 0) is 66.8 Å². The van der Waals surface area contributed by atoms with Crippen LogP contribution in [0.5, 0.6) is 0 Å². The SMILES string of the molecule is C#CC1=C2C=CC(=N2)C=C2C=CC(=N2)C=C2C=CC(=N2)C=C2C=CC1=N2. The van der Waals surface area contributed by atoms with Gasteiger partial charge in [0.2, 0.25) is 0 Å². The van der Waals surface area contributed by atoms with Crippen LogP contribution in [0, 0.1) is 12.3 Å². The smallest absolute Gasteiger partial charge is 0.0816 e. The molecule has 5 rings (SSSR count). The van der Waals surface area contributed by atoms with Crippen LogP contribution in [0.15, 0.2) is 115 Å². The molecule has 0 radical (unpaired) electrons. The molecule has 0 N–H and O–H groups in total. The highest BCUT2D eigenvalue weighted by molar-refractivity contribution is 6.17. The van der Waals surface area contributed by atoms with Crippen LogP contribution in [0.1, 0.15) is 0 Å². The molecule has 0 aromatic heterocycles. The molecule has 0 saturated heterocycles. The standard InChI is InChI=1S/C22H12N4/c1-2-20-21-9-7-18(25-21)12-16-5-3-14(23-16)11-15-4-6-17(24-15)13-19-8-10-22(20)26-19/h1,3-13H. The van der Waals surface area contributed by atoms with Crippen LogP contribution in [-0.2, 0) is 0 Å². The van der Waals surface area contributed by atoms with Gasteiger partial charge < -0.3 is 0 Å². The summed E-state index contributed by atoms with van der Waals surface area (Å²) >= 11 is 0. The Balaban J connectivity index is 1.70. The molecule has 0 aromatic rings. The van der Waals surface area contributed by atoms with Crippen molar-refractivity contribution in [3.8, 4) is 12.3 Å². The van der Waals surface area contributed by atoms with Gasteiger partial charge in [-0.1, -0.05) is 5.92 Å². The first-order valence-electron chi connectivity index (χ1n) is 8.20. The van der Waals surface area contributed by atoms with E-state index in [1.54, 1.807) is 0 Å². The third-order valence-electron chi connectivity index (χ3n) is 4.23. The second kappa shape index (κ2) is 5.61. The largest absolute Gasteiger partial charge is 0.249 e. The summed E-state index contributed by atoms with van der Waals surface area (Å²) in [6.45, 7) is 0. The molecular formula is C22H12N4. The molecule has 5 aliphatic rings. The van der Waals surface area contributed by atoms with Gasteiger partial charge in [0.25, 0.3) is 0 Å². The van der Waals surface area contributed by atoms with Crippen molar-refractivity contribution in [3.05, 3.63) is 95.2 Å². The lowest BCUT2D eigenvalue weighted by Gasteiger charge is -1.99. The Bertz CT molecular complexity index is 1160. The average Bonchev–Trinajstić information content (AvgIpc) is 3.39. The van der Waals surface area contributed by atoms with Gasteiger partial charge >= 0.3 is 0 Å². The molecular weight excluding hydrogens is 320 g/mol. The summed E-state index contributed by atoms with van der Waals surface area (Å²) in [5, 5.41) is 0. The zero-order valence-electron chi connectivity index (χ0n) is 13.7. The predicted molar refractivity (Wildman–Crippen MR) is 106 cm³/mol. The fourth-order valence-corrected chi connectivity index (χ4v) is 3.04. The zero-order chi connectivity index (χ0) is 17.5. The van der Waals surface area contributed by atoms with Crippen LogP contribution in [0.3, 0.4) is 0 Å². The molecule has 5 aliphatic heterocycles. The molecule has 0 unspecified atom stereocenters. The van der Waals surface area contributed by atoms with Crippen LogP contribution in [0.2, 0.25) is 0 Å². The molecule has 8 bridgehead atoms. The maximum Gasteiger partial charge on any atom is 0.0816 e. The minimum atomic E-state index is 0.678. The third kappa shape index (κ3) is 2.52. The molecule has 0 aliphatic carbocycles. The van der Waals surface area contributed by atoms with E-state index in [1.165, 1.54) is 0 Å². The van der Waals surface area contributed by atoms with Crippen molar-refractivity contribution in [2.45, 2.75) is 0 Å². The van der Waals surface area contributed by atoms with E-state index in [-0.39, 0.29) is 0 Å². The Kier molecular flexibility index (Phi) is 3.13. The number of hydrogen-bond donors (Lipinski definition) is 0. The highest BCUT2D eigenvalue weighted by Gasteiger charge is 2.16. The highest BCUT2D eigenvalue weighted by atomic mass is 14.8. The van der Waals surface area contributed by atoms with Crippen molar-refractivity contribution in [2.75, 3.05) is 0 Å². The highest BCUT2D eigenvalue weighted by Crippen LogP contribution is 2.23. The van der Waals surface area contributed by atoms with Gasteiger partial charge in [0.15, 0.2) is 0 Å². The van der Waals surface area contributed by atoms with Crippen LogP contribution in [0.4, 0.5) is 0 Å². The number of hydrogen-bond acceptors (Lipinski definition) is 4. The monoisotopic (exact) mass is 332 g/mol. The van der Waals surface area contributed by atoms with Crippen molar-refractivity contribution < 1.29 is 0 Å². The van der Waals surface area contributed by atoms with E-state index < -0.39 is 0 Å². The van der Waals surface area contributed by atoms with Gasteiger partial charge in [0.1, 0.15) is 0 Å². The van der Waals surface area contributed by atoms with Crippen LogP contribution >= 0.6 is 0 Å². The summed E-state index contributed by atoms with van der Waals surface area (Å²) < 4.78 is 0. The van der Waals surface area contributed by atoms with Crippen LogP contribution in [-0.4, -0.2) is 22.8 Å². The number of allylic oxidation sites excluding steroid dienone is 12. The topological polar surface area (TPSA) is 49.4 Å². The molecule has 5 heterocycles. The summed E-state index contributed by atoms with van der Waals surface area (Å²) in [5.74, 6) is 2.72. The molecule has 0 spiro atoms. The Morgan fingerprint density at radius 1 is 0.577 bits per heavy atom. The van der Waals surface area contributed by atoms with Crippen LogP contribution < -0.4 is 0 Å². The van der Waals surface area contributed by atoms with Gasteiger partial charge in [0, 0.05) is 0 Å². The number of rotatable bonds is 0. The molecule has 0 fully saturated rings. The number of aliphatic imine (C=N–C) groups is 4. The lowest BCUT2D eigenvalue weighted by Crippen LogP contribution is -1.97. The molecule has 4 nitrogen and oxygen atoms in total. The summed E-state index contributed by atoms with van der Waals surface area (Å²) in [6, 6.07) is 0. The summed E-state index contributed by atoms with van der Waals surface area (Å²) in [4.78, 5) is 18.4. The van der Waals surface area contributed by atoms with E-state index in [0.29, 0.717) is 5.57 Å². The molecule has 0 aromatic carbocycles. The van der Waals surface area contributed by atoms with Crippen molar-refractivity contribution in [2.24, 2.45) is 20.0 Å². The first-order valence-corrected chi connectivity index (χ1v) is 8.20. The van der Waals surface area contributed by atoms with Crippen molar-refractivity contribution in [3.63, 3.8) is 0 Å². The Hall–Kier alpha value is -3.84. The van der Waals surface area contributed by atoms with E-state index in [9.17, 15) is 0 Å². The Morgan fingerprint density at radius 3 is 1.77 bits per heavy atom. The third-order valence-corrected chi connectivity index (χ3v) is 4.23. The van der Waals surface area contributed by atoms with Gasteiger partial charge in [-0.15, -0.1) is 6.42 Å². The van der Waals surface area contributed by atoms with E-state index in [1.807, 2.05) is 66.8 Å². The molecule has 120 valence electrons. The van der Waals surface area contributed by atoms with Crippen molar-refractivity contribution in [1.82, 2.24) is 0 Å². The zero-order valence-corrected chi connectivity index (χ0v) is 13.7. The quantitative estimate of drug-likeness (QED) is 0.609. The van der Waals surface area contributed by atoms with Gasteiger partial charge in [-0.2, -0.15) is 0 Å². The maximum absolute atomic E-state index is 5.74. The number of fused-ring (bicyclic) bond motifs is 4. The fourth-order valence-electron chi connectivity index (χ4n) is 3.04. The Morgan fingerprint density at radius 2 is 1.12 bits per heavy atom. The summed E-state index contributed by atoms with van der Waals surface area (Å²) in [6.07, 6.45) is 27.1. The van der Waals surface area contributed by atoms with E-state index >= 15 is 0 Å². The molecule has 4 heteroatoms. The van der Waals surface area contributed by atoms with Gasteiger partial charge in [-0.3, -0.25) is 0 Å². The van der Waals surface area contributed by atoms with Crippen molar-refractivity contribution >= 4 is 22.8 Å². The Labute approximate surface area is 150 Å². The number of terminal acetylenes is 1. The van der Waals surface area contributed by atoms with E-state index in [0.717, 1.165) is 45.6 Å². The molecule has 0 amide bonds. The van der Waals surface area contributed by atoms with Gasteiger partial charge in [0.05, 0.1) is 51.2 Å². The maximum atomic E-state index is 5.74. The second-order valence-corrected chi connectivity index (χ2v) is 6.05. The summed E-state index contributed by atoms with van der Waals surface area (Å²) in [5.41, 5.74) is 7.22. The minimum Gasteiger partial charge on any atom is -0.249 e. The molecule has 0 atom stereocenters. The minimum absolute atomic E-state index is 0.678. The average molecular weight is 332 g/mol. The first kappa shape index (κ1) is 14.5.